The minimum absolute atomic E-state index is 0.00157. The fraction of sp³-hybridized carbons (Fsp3) is 0.167. The van der Waals surface area contributed by atoms with Crippen molar-refractivity contribution in [2.75, 3.05) is 55.4 Å². The van der Waals surface area contributed by atoms with E-state index in [-0.39, 0.29) is 103 Å². The van der Waals surface area contributed by atoms with Gasteiger partial charge < -0.3 is 75.7 Å². The highest BCUT2D eigenvalue weighted by molar-refractivity contribution is 6.36. The van der Waals surface area contributed by atoms with Gasteiger partial charge in [0.2, 0.25) is 52.2 Å². The molecule has 0 radical (unpaired) electrons. The molecule has 4 heterocycles. The van der Waals surface area contributed by atoms with Crippen LogP contribution in [0.2, 0.25) is 10.2 Å². The topological polar surface area (TPSA) is 592 Å². The molecule has 0 unspecified atom stereocenters. The third kappa shape index (κ3) is 20.5. The molecule has 534 valence electrons. The molecular formula is C60H58Cl2N18O22. The van der Waals surface area contributed by atoms with Gasteiger partial charge in [-0.25, -0.2) is 4.98 Å². The van der Waals surface area contributed by atoms with Crippen LogP contribution in [-0.4, -0.2) is 138 Å². The first-order valence-electron chi connectivity index (χ1n) is 27.8. The minimum Gasteiger partial charge on any atom is -0.494 e. The minimum atomic E-state index is -0.759. The van der Waals surface area contributed by atoms with Gasteiger partial charge in [0.15, 0.2) is 17.4 Å². The van der Waals surface area contributed by atoms with Crippen molar-refractivity contribution in [2.24, 2.45) is 27.5 Å². The molecule has 1 aliphatic rings. The summed E-state index contributed by atoms with van der Waals surface area (Å²) in [6, 6.07) is 29.7. The van der Waals surface area contributed by atoms with Gasteiger partial charge in [-0.05, 0) is 48.5 Å². The van der Waals surface area contributed by atoms with Gasteiger partial charge in [-0.3, -0.25) is 60.2 Å². The average molecular weight is 1450 g/mol. The van der Waals surface area contributed by atoms with E-state index in [0.717, 1.165) is 5.56 Å². The lowest BCUT2D eigenvalue weighted by Gasteiger charge is -2.07. The normalized spacial score (nSPS) is 10.8. The van der Waals surface area contributed by atoms with Gasteiger partial charge >= 0.3 is 28.4 Å². The molecule has 0 aliphatic carbocycles. The van der Waals surface area contributed by atoms with E-state index < -0.39 is 30.5 Å². The third-order valence-corrected chi connectivity index (χ3v) is 13.4. The molecule has 9 aromatic rings. The van der Waals surface area contributed by atoms with Crippen LogP contribution in [0.25, 0.3) is 22.8 Å². The monoisotopic (exact) mass is 1450 g/mol. The van der Waals surface area contributed by atoms with Crippen LogP contribution in [0.5, 0.6) is 34.5 Å². The number of nitrogen functional groups attached to an aromatic ring is 1. The van der Waals surface area contributed by atoms with Crippen LogP contribution < -0.4 is 51.4 Å². The number of para-hydroxylation sites is 6. The summed E-state index contributed by atoms with van der Waals surface area (Å²) in [5.41, 5.74) is 23.8. The highest BCUT2D eigenvalue weighted by atomic mass is 35.5. The van der Waals surface area contributed by atoms with Crippen LogP contribution in [-0.2, 0) is 6.54 Å². The van der Waals surface area contributed by atoms with Crippen molar-refractivity contribution in [1.29, 1.82) is 5.26 Å². The number of rotatable bonds is 16. The summed E-state index contributed by atoms with van der Waals surface area (Å²) in [6.07, 6.45) is 0. The largest absolute Gasteiger partial charge is 0.494 e. The number of oxime groups is 2. The van der Waals surface area contributed by atoms with Crippen molar-refractivity contribution in [3.8, 4) is 63.3 Å². The summed E-state index contributed by atoms with van der Waals surface area (Å²) in [5, 5.41) is 92.4. The van der Waals surface area contributed by atoms with Gasteiger partial charge in [0.05, 0.1) is 124 Å². The number of pyridine rings is 1. The first-order valence-corrected chi connectivity index (χ1v) is 28.6. The van der Waals surface area contributed by atoms with Crippen molar-refractivity contribution >= 4 is 80.8 Å². The van der Waals surface area contributed by atoms with Crippen LogP contribution in [0, 0.1) is 75.8 Å². The Kier molecular flexibility index (Phi) is 29.9. The summed E-state index contributed by atoms with van der Waals surface area (Å²) >= 11 is 11.6. The lowest BCUT2D eigenvalue weighted by atomic mass is 10.1. The van der Waals surface area contributed by atoms with E-state index in [9.17, 15) is 60.2 Å². The summed E-state index contributed by atoms with van der Waals surface area (Å²) in [5.74, 6) is 0.843. The number of aromatic nitrogens is 5. The number of aryl methyl sites for hydroxylation is 2. The van der Waals surface area contributed by atoms with Gasteiger partial charge in [0, 0.05) is 51.2 Å². The predicted octanol–water partition coefficient (Wildman–Crippen LogP) is 9.14. The Hall–Kier alpha value is -14.1. The maximum Gasteiger partial charge on any atom is 0.312 e. The zero-order valence-corrected chi connectivity index (χ0v) is 56.1. The summed E-state index contributed by atoms with van der Waals surface area (Å²) in [6.45, 7) is 3.85. The SMILES string of the molecule is CN1Cc2nc(Cl)cc(Cl)c2C1=O.COc1c(-c2noc(C)n2)cccc1[N+](=O)[O-].COc1c(/C(N)=N/O)cccc1[N+](=O)[O-].COc1c(/C(N)=N/O)cccc1[N+](=O)[O-].COc1c(C#N)cccc1[N+](=O)[O-].COc1c(C(N)=O)cccc1[N+](=O)[O-].COc1c(N)cccc1-c1noc(C)n1. The van der Waals surface area contributed by atoms with Gasteiger partial charge in [-0.15, -0.1) is 0 Å². The highest BCUT2D eigenvalue weighted by Gasteiger charge is 2.30. The number of nitrogens with zero attached hydrogens (tertiary/aromatic N) is 14. The Labute approximate surface area is 584 Å². The molecule has 0 saturated heterocycles. The molecule has 2 amide bonds. The van der Waals surface area contributed by atoms with Crippen LogP contribution >= 0.6 is 23.2 Å². The van der Waals surface area contributed by atoms with Crippen LogP contribution in [0.4, 0.5) is 34.1 Å². The van der Waals surface area contributed by atoms with E-state index >= 15 is 0 Å². The predicted molar refractivity (Wildman–Crippen MR) is 360 cm³/mol. The second kappa shape index (κ2) is 38.0. The summed E-state index contributed by atoms with van der Waals surface area (Å²) in [4.78, 5) is 86.2. The molecule has 3 aromatic heterocycles. The number of benzene rings is 6. The molecular weight excluding hydrogens is 1400 g/mol. The molecule has 0 saturated carbocycles. The van der Waals surface area contributed by atoms with Crippen LogP contribution in [0.1, 0.15) is 54.9 Å². The second-order valence-corrected chi connectivity index (χ2v) is 19.9. The van der Waals surface area contributed by atoms with E-state index in [1.54, 1.807) is 51.1 Å². The van der Waals surface area contributed by atoms with Crippen molar-refractivity contribution < 1.29 is 82.1 Å². The van der Waals surface area contributed by atoms with Crippen LogP contribution in [0.3, 0.4) is 0 Å². The van der Waals surface area contributed by atoms with Crippen molar-refractivity contribution in [3.63, 3.8) is 0 Å². The smallest absolute Gasteiger partial charge is 0.312 e. The van der Waals surface area contributed by atoms with Crippen molar-refractivity contribution in [3.05, 3.63) is 221 Å². The first-order chi connectivity index (χ1) is 48.4. The molecule has 0 bridgehead atoms. The first kappa shape index (κ1) is 80.3. The molecule has 10 rings (SSSR count). The maximum absolute atomic E-state index is 11.5. The molecule has 0 fully saturated rings. The zero-order valence-electron chi connectivity index (χ0n) is 54.6. The molecule has 0 spiro atoms. The molecule has 40 nitrogen and oxygen atoms in total. The Bertz CT molecular complexity index is 4550. The number of hydrogen-bond acceptors (Lipinski definition) is 31. The number of primary amides is 1. The molecule has 0 atom stereocenters. The number of nitriles is 1. The van der Waals surface area contributed by atoms with Gasteiger partial charge in [-0.2, -0.15) is 15.2 Å². The van der Waals surface area contributed by atoms with E-state index in [4.69, 9.17) is 99.3 Å². The number of methoxy groups -OCH3 is 6. The average Bonchev–Trinajstić information content (AvgIpc) is 1.67. The quantitative estimate of drug-likeness (QED) is 0.00998. The maximum atomic E-state index is 11.5. The number of nitro groups is 5. The summed E-state index contributed by atoms with van der Waals surface area (Å²) in [7, 11) is 9.71. The number of nitrogens with two attached hydrogens (primary N) is 4. The zero-order chi connectivity index (χ0) is 76.2. The molecule has 10 N–H and O–H groups in total. The lowest BCUT2D eigenvalue weighted by Crippen LogP contribution is -2.17. The van der Waals surface area contributed by atoms with Crippen molar-refractivity contribution in [2.45, 2.75) is 20.4 Å². The van der Waals surface area contributed by atoms with E-state index in [1.165, 1.54) is 120 Å². The number of halogens is 2. The Balaban J connectivity index is 0.000000253. The van der Waals surface area contributed by atoms with Crippen LogP contribution in [0.15, 0.2) is 135 Å². The number of carbonyl (C=O) groups excluding carboxylic acids is 2. The van der Waals surface area contributed by atoms with E-state index in [0.29, 0.717) is 62.6 Å². The standard InChI is InChI=1S/C10H9N3O4.C10H11N3O2.C8H6Cl2N2O.2C8H9N3O4.C8H8N2O4.C8H6N2O3/c1-6-11-10(12-17-6)7-4-3-5-8(13(14)15)9(7)16-2;1-6-12-10(13-15-6)7-4-3-5-8(11)9(7)14-2;1-12-3-5-7(8(12)13)4(9)2-6(10)11-5;2*1-15-7-5(8(9)10-12)3-2-4-6(7)11(13)14;1-14-7-5(8(9)11)3-2-4-6(7)10(12)13;1-13-8-6(5-9)3-2-4-7(8)10(11)12/h3-5H,1-2H3;3-5H,11H2,1-2H3;2H,3H2,1H3;2*2-4,12H,1H3,(H2,9,10);2-4H,1H3,(H2,9,11);2-4H,1H3. The Morgan fingerprint density at radius 2 is 0.912 bits per heavy atom. The van der Waals surface area contributed by atoms with Gasteiger partial charge in [0.1, 0.15) is 16.8 Å². The number of fused-ring (bicyclic) bond motifs is 1. The molecule has 102 heavy (non-hydrogen) atoms. The molecule has 42 heteroatoms. The van der Waals surface area contributed by atoms with Gasteiger partial charge in [0.25, 0.3) is 11.8 Å². The van der Waals surface area contributed by atoms with Crippen molar-refractivity contribution in [1.82, 2.24) is 30.2 Å². The molecule has 1 aliphatic heterocycles. The fourth-order valence-electron chi connectivity index (χ4n) is 8.52. The number of ether oxygens (including phenoxy) is 6. The fourth-order valence-corrected chi connectivity index (χ4v) is 9.08. The number of amidine groups is 2. The Morgan fingerprint density at radius 1 is 0.559 bits per heavy atom. The lowest BCUT2D eigenvalue weighted by molar-refractivity contribution is -0.385. The number of nitro benzene ring substituents is 5. The number of amides is 2. The third-order valence-electron chi connectivity index (χ3n) is 12.9. The molecule has 6 aromatic carbocycles. The summed E-state index contributed by atoms with van der Waals surface area (Å²) < 4.78 is 39.2. The number of carbonyl (C=O) groups is 2. The second-order valence-electron chi connectivity index (χ2n) is 19.1. The van der Waals surface area contributed by atoms with E-state index in [1.807, 2.05) is 18.2 Å². The number of anilines is 1. The van der Waals surface area contributed by atoms with E-state index in [2.05, 4.69) is 35.6 Å². The van der Waals surface area contributed by atoms with Gasteiger partial charge in [-0.1, -0.05) is 80.2 Å². The number of hydrogen-bond donors (Lipinski definition) is 6. The highest BCUT2D eigenvalue weighted by Crippen LogP contribution is 2.38. The Morgan fingerprint density at radius 3 is 1.27 bits per heavy atom.